The fourth-order valence-corrected chi connectivity index (χ4v) is 4.03. The van der Waals surface area contributed by atoms with Crippen molar-refractivity contribution < 1.29 is 4.74 Å². The van der Waals surface area contributed by atoms with Gasteiger partial charge in [-0.25, -0.2) is 9.97 Å². The minimum atomic E-state index is -0.0505. The average Bonchev–Trinajstić information content (AvgIpc) is 2.77. The zero-order valence-corrected chi connectivity index (χ0v) is 20.4. The Morgan fingerprint density at radius 2 is 1.78 bits per heavy atom. The van der Waals surface area contributed by atoms with Crippen LogP contribution in [0.2, 0.25) is 0 Å². The van der Waals surface area contributed by atoms with Gasteiger partial charge in [0.05, 0.1) is 7.11 Å². The third kappa shape index (κ3) is 6.31. The summed E-state index contributed by atoms with van der Waals surface area (Å²) in [5, 5.41) is 0. The highest BCUT2D eigenvalue weighted by atomic mass is 16.5. The van der Waals surface area contributed by atoms with Crippen molar-refractivity contribution in [1.82, 2.24) is 19.4 Å². The Hall–Kier alpha value is -2.41. The van der Waals surface area contributed by atoms with Gasteiger partial charge < -0.3 is 14.2 Å². The maximum absolute atomic E-state index is 12.2. The molecule has 1 aliphatic rings. The SMILES string of the molecule is CCCc1cc(N2CCN(CCCCn3cccc(OC)c3=O)CC2)nc(C(C)(C)C)n1. The number of ether oxygens (including phenoxy) is 1. The second-order valence-corrected chi connectivity index (χ2v) is 9.65. The number of anilines is 1. The maximum Gasteiger partial charge on any atom is 0.292 e. The molecule has 1 aliphatic heterocycles. The molecule has 176 valence electrons. The highest BCUT2D eigenvalue weighted by Gasteiger charge is 2.23. The van der Waals surface area contributed by atoms with Gasteiger partial charge in [-0.05, 0) is 37.9 Å². The zero-order chi connectivity index (χ0) is 23.1. The van der Waals surface area contributed by atoms with Crippen molar-refractivity contribution in [2.45, 2.75) is 65.3 Å². The number of pyridine rings is 1. The number of aromatic nitrogens is 3. The Morgan fingerprint density at radius 3 is 2.44 bits per heavy atom. The molecule has 0 unspecified atom stereocenters. The van der Waals surface area contributed by atoms with E-state index in [9.17, 15) is 4.79 Å². The van der Waals surface area contributed by atoms with Gasteiger partial charge in [0.1, 0.15) is 11.6 Å². The largest absolute Gasteiger partial charge is 0.491 e. The van der Waals surface area contributed by atoms with Crippen LogP contribution in [0.5, 0.6) is 5.75 Å². The first kappa shape index (κ1) is 24.2. The quantitative estimate of drug-likeness (QED) is 0.555. The summed E-state index contributed by atoms with van der Waals surface area (Å²) in [6.07, 6.45) is 5.98. The Kier molecular flexibility index (Phi) is 8.29. The van der Waals surface area contributed by atoms with E-state index in [1.807, 2.05) is 12.3 Å². The molecule has 7 nitrogen and oxygen atoms in total. The molecule has 3 rings (SSSR count). The van der Waals surface area contributed by atoms with Crippen molar-refractivity contribution in [2.24, 2.45) is 0 Å². The van der Waals surface area contributed by atoms with Crippen LogP contribution in [0.1, 0.15) is 58.5 Å². The van der Waals surface area contributed by atoms with Crippen molar-refractivity contribution in [3.8, 4) is 5.75 Å². The third-order valence-electron chi connectivity index (χ3n) is 5.97. The number of nitrogens with zero attached hydrogens (tertiary/aromatic N) is 5. The van der Waals surface area contributed by atoms with Gasteiger partial charge in [-0.2, -0.15) is 0 Å². The third-order valence-corrected chi connectivity index (χ3v) is 5.97. The zero-order valence-electron chi connectivity index (χ0n) is 20.4. The molecule has 0 radical (unpaired) electrons. The average molecular weight is 442 g/mol. The summed E-state index contributed by atoms with van der Waals surface area (Å²) in [7, 11) is 1.54. The van der Waals surface area contributed by atoms with Gasteiger partial charge in [-0.1, -0.05) is 34.1 Å². The van der Waals surface area contributed by atoms with E-state index in [1.165, 1.54) is 7.11 Å². The summed E-state index contributed by atoms with van der Waals surface area (Å²) in [5.74, 6) is 2.42. The number of unbranched alkanes of at least 4 members (excludes halogenated alkanes) is 1. The molecule has 0 N–H and O–H groups in total. The fourth-order valence-electron chi connectivity index (χ4n) is 4.03. The second kappa shape index (κ2) is 10.9. The maximum atomic E-state index is 12.2. The minimum absolute atomic E-state index is 0.0504. The first-order chi connectivity index (χ1) is 15.3. The molecule has 0 bridgehead atoms. The van der Waals surface area contributed by atoms with Gasteiger partial charge in [0, 0.05) is 56.1 Å². The molecule has 0 aromatic carbocycles. The van der Waals surface area contributed by atoms with Crippen LogP contribution in [0.15, 0.2) is 29.2 Å². The normalized spacial score (nSPS) is 15.2. The van der Waals surface area contributed by atoms with Gasteiger partial charge >= 0.3 is 0 Å². The molecule has 32 heavy (non-hydrogen) atoms. The van der Waals surface area contributed by atoms with Crippen LogP contribution < -0.4 is 15.2 Å². The first-order valence-corrected chi connectivity index (χ1v) is 11.9. The molecule has 7 heteroatoms. The second-order valence-electron chi connectivity index (χ2n) is 9.65. The smallest absolute Gasteiger partial charge is 0.292 e. The minimum Gasteiger partial charge on any atom is -0.491 e. The molecule has 0 amide bonds. The summed E-state index contributed by atoms with van der Waals surface area (Å²) in [5.41, 5.74) is 1.05. The standard InChI is InChI=1S/C25H39N5O2/c1-6-10-20-19-22(27-24(26-20)25(2,3)4)29-17-15-28(16-18-29)12-7-8-13-30-14-9-11-21(32-5)23(30)31/h9,11,14,19H,6-8,10,12-13,15-18H2,1-5H3. The van der Waals surface area contributed by atoms with E-state index < -0.39 is 0 Å². The lowest BCUT2D eigenvalue weighted by Gasteiger charge is -2.36. The lowest BCUT2D eigenvalue weighted by Crippen LogP contribution is -2.47. The van der Waals surface area contributed by atoms with E-state index in [-0.39, 0.29) is 11.0 Å². The van der Waals surface area contributed by atoms with Gasteiger partial charge in [-0.15, -0.1) is 0 Å². The van der Waals surface area contributed by atoms with Crippen LogP contribution in [-0.2, 0) is 18.4 Å². The monoisotopic (exact) mass is 441 g/mol. The number of piperazine rings is 1. The van der Waals surface area contributed by atoms with Crippen molar-refractivity contribution >= 4 is 5.82 Å². The van der Waals surface area contributed by atoms with Gasteiger partial charge in [-0.3, -0.25) is 9.69 Å². The Morgan fingerprint density at radius 1 is 1.06 bits per heavy atom. The van der Waals surface area contributed by atoms with E-state index in [4.69, 9.17) is 14.7 Å². The van der Waals surface area contributed by atoms with Crippen LogP contribution in [0.3, 0.4) is 0 Å². The molecule has 2 aromatic heterocycles. The highest BCUT2D eigenvalue weighted by molar-refractivity contribution is 5.41. The summed E-state index contributed by atoms with van der Waals surface area (Å²) in [6.45, 7) is 14.6. The van der Waals surface area contributed by atoms with Crippen LogP contribution in [-0.4, -0.2) is 59.3 Å². The molecule has 0 spiro atoms. The molecule has 1 saturated heterocycles. The highest BCUT2D eigenvalue weighted by Crippen LogP contribution is 2.23. The summed E-state index contributed by atoms with van der Waals surface area (Å²) >= 11 is 0. The van der Waals surface area contributed by atoms with Crippen LogP contribution >= 0.6 is 0 Å². The number of rotatable bonds is 9. The molecule has 0 atom stereocenters. The van der Waals surface area contributed by atoms with Gasteiger partial charge in [0.2, 0.25) is 0 Å². The number of hydrogen-bond donors (Lipinski definition) is 0. The molecule has 1 fully saturated rings. The molecule has 2 aromatic rings. The van der Waals surface area contributed by atoms with E-state index >= 15 is 0 Å². The van der Waals surface area contributed by atoms with Gasteiger partial charge in [0.25, 0.3) is 5.56 Å². The number of hydrogen-bond acceptors (Lipinski definition) is 6. The van der Waals surface area contributed by atoms with E-state index in [0.717, 1.165) is 82.3 Å². The topological polar surface area (TPSA) is 63.5 Å². The predicted octanol–water partition coefficient (Wildman–Crippen LogP) is 3.50. The molecule has 3 heterocycles. The van der Waals surface area contributed by atoms with Crippen LogP contribution in [0, 0.1) is 0 Å². The molecular weight excluding hydrogens is 402 g/mol. The summed E-state index contributed by atoms with van der Waals surface area (Å²) in [4.78, 5) is 26.9. The van der Waals surface area contributed by atoms with E-state index in [0.29, 0.717) is 5.75 Å². The fraction of sp³-hybridized carbons (Fsp3) is 0.640. The van der Waals surface area contributed by atoms with Crippen molar-refractivity contribution in [1.29, 1.82) is 0 Å². The number of methoxy groups -OCH3 is 1. The molecule has 0 saturated carbocycles. The van der Waals surface area contributed by atoms with Crippen molar-refractivity contribution in [3.05, 3.63) is 46.3 Å². The van der Waals surface area contributed by atoms with E-state index in [1.54, 1.807) is 10.6 Å². The Balaban J connectivity index is 1.50. The lowest BCUT2D eigenvalue weighted by molar-refractivity contribution is 0.250. The first-order valence-electron chi connectivity index (χ1n) is 11.9. The summed E-state index contributed by atoms with van der Waals surface area (Å²) in [6, 6.07) is 5.76. The van der Waals surface area contributed by atoms with E-state index in [2.05, 4.69) is 43.6 Å². The lowest BCUT2D eigenvalue weighted by atomic mass is 9.95. The Labute approximate surface area is 192 Å². The predicted molar refractivity (Wildman–Crippen MR) is 130 cm³/mol. The van der Waals surface area contributed by atoms with Crippen molar-refractivity contribution in [2.75, 3.05) is 44.7 Å². The van der Waals surface area contributed by atoms with Gasteiger partial charge in [0.15, 0.2) is 5.75 Å². The van der Waals surface area contributed by atoms with Crippen molar-refractivity contribution in [3.63, 3.8) is 0 Å². The number of aryl methyl sites for hydroxylation is 2. The van der Waals surface area contributed by atoms with Crippen LogP contribution in [0.4, 0.5) is 5.82 Å². The molecule has 0 aliphatic carbocycles. The summed E-state index contributed by atoms with van der Waals surface area (Å²) < 4.78 is 6.87. The Bertz CT molecular complexity index is 927. The van der Waals surface area contributed by atoms with Crippen LogP contribution in [0.25, 0.3) is 0 Å². The molecular formula is C25H39N5O2.